The zero-order chi connectivity index (χ0) is 14.8. The average molecular weight is 280 g/mol. The van der Waals surface area contributed by atoms with Crippen LogP contribution < -0.4 is 15.6 Å². The molecule has 0 saturated carbocycles. The Labute approximate surface area is 118 Å². The molecule has 6 nitrogen and oxygen atoms in total. The fraction of sp³-hybridized carbons (Fsp3) is 0.429. The number of hydrogen-bond acceptors (Lipinski definition) is 4. The maximum Gasteiger partial charge on any atom is 0.238 e. The zero-order valence-corrected chi connectivity index (χ0v) is 11.5. The van der Waals surface area contributed by atoms with Crippen molar-refractivity contribution in [2.75, 3.05) is 6.61 Å². The number of phenols is 1. The normalized spacial score (nSPS) is 9.85. The molecule has 1 aromatic rings. The van der Waals surface area contributed by atoms with Gasteiger partial charge in [-0.2, -0.15) is 0 Å². The van der Waals surface area contributed by atoms with Gasteiger partial charge in [0.2, 0.25) is 11.8 Å². The number of nitrogens with one attached hydrogen (secondary N) is 2. The molecule has 0 atom stereocenters. The highest BCUT2D eigenvalue weighted by atomic mass is 16.5. The van der Waals surface area contributed by atoms with Crippen molar-refractivity contribution < 1.29 is 19.4 Å². The number of ether oxygens (including phenoxy) is 1. The highest BCUT2D eigenvalue weighted by Crippen LogP contribution is 2.16. The number of hydrogen-bond donors (Lipinski definition) is 3. The van der Waals surface area contributed by atoms with Crippen LogP contribution in [0.2, 0.25) is 0 Å². The number of benzene rings is 1. The molecule has 6 heteroatoms. The maximum atomic E-state index is 11.3. The van der Waals surface area contributed by atoms with Crippen LogP contribution in [-0.4, -0.2) is 23.5 Å². The van der Waals surface area contributed by atoms with Gasteiger partial charge in [-0.05, 0) is 43.5 Å². The van der Waals surface area contributed by atoms with Gasteiger partial charge in [-0.1, -0.05) is 0 Å². The van der Waals surface area contributed by atoms with Gasteiger partial charge in [0, 0.05) is 13.3 Å². The third-order valence-corrected chi connectivity index (χ3v) is 2.53. The highest BCUT2D eigenvalue weighted by Gasteiger charge is 2.01. The number of rotatable bonds is 7. The Bertz CT molecular complexity index is 431. The molecule has 0 fully saturated rings. The highest BCUT2D eigenvalue weighted by molar-refractivity contribution is 5.80. The van der Waals surface area contributed by atoms with E-state index in [-0.39, 0.29) is 17.6 Å². The third kappa shape index (κ3) is 7.25. The first kappa shape index (κ1) is 15.8. The quantitative estimate of drug-likeness (QED) is 0.521. The van der Waals surface area contributed by atoms with Crippen molar-refractivity contribution in [3.63, 3.8) is 0 Å². The van der Waals surface area contributed by atoms with Gasteiger partial charge in [-0.25, -0.2) is 0 Å². The Morgan fingerprint density at radius 2 is 1.80 bits per heavy atom. The van der Waals surface area contributed by atoms with E-state index in [1.807, 2.05) is 0 Å². The molecule has 0 saturated heterocycles. The van der Waals surface area contributed by atoms with Crippen molar-refractivity contribution >= 4 is 11.8 Å². The van der Waals surface area contributed by atoms with Crippen LogP contribution >= 0.6 is 0 Å². The third-order valence-electron chi connectivity index (χ3n) is 2.53. The van der Waals surface area contributed by atoms with Gasteiger partial charge >= 0.3 is 0 Å². The van der Waals surface area contributed by atoms with Crippen LogP contribution in [0.3, 0.4) is 0 Å². The van der Waals surface area contributed by atoms with Crippen LogP contribution in [0, 0.1) is 0 Å². The summed E-state index contributed by atoms with van der Waals surface area (Å²) in [6, 6.07) is 6.55. The topological polar surface area (TPSA) is 87.7 Å². The smallest absolute Gasteiger partial charge is 0.238 e. The second-order valence-corrected chi connectivity index (χ2v) is 4.38. The lowest BCUT2D eigenvalue weighted by Crippen LogP contribution is -2.40. The first-order valence-electron chi connectivity index (χ1n) is 6.55. The minimum atomic E-state index is -0.291. The van der Waals surface area contributed by atoms with Crippen LogP contribution in [0.1, 0.15) is 32.6 Å². The number of carbonyl (C=O) groups excluding carboxylic acids is 2. The molecular weight excluding hydrogens is 260 g/mol. The summed E-state index contributed by atoms with van der Waals surface area (Å²) in [7, 11) is 0. The summed E-state index contributed by atoms with van der Waals surface area (Å²) in [6.07, 6.45) is 2.82. The molecule has 0 aromatic heterocycles. The molecular formula is C14H20N2O4. The van der Waals surface area contributed by atoms with Crippen molar-refractivity contribution in [1.29, 1.82) is 0 Å². The lowest BCUT2D eigenvalue weighted by atomic mass is 10.2. The lowest BCUT2D eigenvalue weighted by Gasteiger charge is -2.06. The second-order valence-electron chi connectivity index (χ2n) is 4.38. The first-order chi connectivity index (χ1) is 9.58. The summed E-state index contributed by atoms with van der Waals surface area (Å²) >= 11 is 0. The SMILES string of the molecule is CC(=O)NNC(=O)CCCCCOc1ccc(O)cc1. The second kappa shape index (κ2) is 8.79. The molecule has 1 aromatic carbocycles. The monoisotopic (exact) mass is 280 g/mol. The van der Waals surface area contributed by atoms with Crippen molar-refractivity contribution in [2.24, 2.45) is 0 Å². The van der Waals surface area contributed by atoms with E-state index in [0.29, 0.717) is 18.8 Å². The molecule has 0 bridgehead atoms. The summed E-state index contributed by atoms with van der Waals surface area (Å²) in [5.74, 6) is 0.439. The molecule has 0 radical (unpaired) electrons. The first-order valence-corrected chi connectivity index (χ1v) is 6.55. The minimum absolute atomic E-state index is 0.195. The van der Waals surface area contributed by atoms with Crippen LogP contribution in [0.5, 0.6) is 11.5 Å². The van der Waals surface area contributed by atoms with E-state index in [0.717, 1.165) is 19.3 Å². The van der Waals surface area contributed by atoms with Crippen molar-refractivity contribution in [3.8, 4) is 11.5 Å². The fourth-order valence-electron chi connectivity index (χ4n) is 1.52. The molecule has 20 heavy (non-hydrogen) atoms. The molecule has 0 unspecified atom stereocenters. The Kier molecular flexibility index (Phi) is 6.95. The standard InChI is InChI=1S/C14H20N2O4/c1-11(17)15-16-14(19)5-3-2-4-10-20-13-8-6-12(18)7-9-13/h6-9,18H,2-5,10H2,1H3,(H,15,17)(H,16,19). The molecule has 0 aliphatic carbocycles. The Balaban J connectivity index is 2.01. The van der Waals surface area contributed by atoms with Crippen molar-refractivity contribution in [3.05, 3.63) is 24.3 Å². The lowest BCUT2D eigenvalue weighted by molar-refractivity contribution is -0.127. The van der Waals surface area contributed by atoms with E-state index in [2.05, 4.69) is 10.9 Å². The van der Waals surface area contributed by atoms with E-state index in [9.17, 15) is 9.59 Å². The summed E-state index contributed by atoms with van der Waals surface area (Å²) < 4.78 is 5.48. The van der Waals surface area contributed by atoms with E-state index in [1.165, 1.54) is 6.92 Å². The van der Waals surface area contributed by atoms with Gasteiger partial charge in [0.05, 0.1) is 6.61 Å². The summed E-state index contributed by atoms with van der Waals surface area (Å²) in [5, 5.41) is 9.11. The number of hydrazine groups is 1. The van der Waals surface area contributed by atoms with Gasteiger partial charge in [-0.3, -0.25) is 20.4 Å². The van der Waals surface area contributed by atoms with Crippen LogP contribution in [-0.2, 0) is 9.59 Å². The zero-order valence-electron chi connectivity index (χ0n) is 11.5. The van der Waals surface area contributed by atoms with Crippen LogP contribution in [0.15, 0.2) is 24.3 Å². The Morgan fingerprint density at radius 1 is 1.10 bits per heavy atom. The van der Waals surface area contributed by atoms with Crippen LogP contribution in [0.25, 0.3) is 0 Å². The van der Waals surface area contributed by atoms with Gasteiger partial charge in [0.15, 0.2) is 0 Å². The molecule has 0 aliphatic rings. The van der Waals surface area contributed by atoms with E-state index >= 15 is 0 Å². The summed E-state index contributed by atoms with van der Waals surface area (Å²) in [5.41, 5.74) is 4.55. The molecule has 2 amide bonds. The summed E-state index contributed by atoms with van der Waals surface area (Å²) in [4.78, 5) is 21.8. The Hall–Kier alpha value is -2.24. The fourth-order valence-corrected chi connectivity index (χ4v) is 1.52. The summed E-state index contributed by atoms with van der Waals surface area (Å²) in [6.45, 7) is 1.90. The van der Waals surface area contributed by atoms with Crippen LogP contribution in [0.4, 0.5) is 0 Å². The van der Waals surface area contributed by atoms with E-state index in [4.69, 9.17) is 9.84 Å². The van der Waals surface area contributed by atoms with Gasteiger partial charge < -0.3 is 9.84 Å². The minimum Gasteiger partial charge on any atom is -0.508 e. The van der Waals surface area contributed by atoms with Crippen molar-refractivity contribution in [2.45, 2.75) is 32.6 Å². The van der Waals surface area contributed by atoms with Gasteiger partial charge in [-0.15, -0.1) is 0 Å². The molecule has 1 rings (SSSR count). The van der Waals surface area contributed by atoms with Crippen molar-refractivity contribution in [1.82, 2.24) is 10.9 Å². The number of phenolic OH excluding ortho intramolecular Hbond substituents is 1. The predicted molar refractivity (Wildman–Crippen MR) is 74.0 cm³/mol. The number of carbonyl (C=O) groups is 2. The van der Waals surface area contributed by atoms with Gasteiger partial charge in [0.25, 0.3) is 0 Å². The molecule has 0 heterocycles. The molecule has 3 N–H and O–H groups in total. The number of amides is 2. The predicted octanol–water partition coefficient (Wildman–Crippen LogP) is 1.50. The molecule has 0 spiro atoms. The van der Waals surface area contributed by atoms with E-state index < -0.39 is 0 Å². The number of unbranched alkanes of at least 4 members (excludes halogenated alkanes) is 2. The molecule has 110 valence electrons. The maximum absolute atomic E-state index is 11.3. The number of aromatic hydroxyl groups is 1. The molecule has 0 aliphatic heterocycles. The average Bonchev–Trinajstić information content (AvgIpc) is 2.42. The largest absolute Gasteiger partial charge is 0.508 e. The Morgan fingerprint density at radius 3 is 2.45 bits per heavy atom. The van der Waals surface area contributed by atoms with Gasteiger partial charge in [0.1, 0.15) is 11.5 Å². The van der Waals surface area contributed by atoms with E-state index in [1.54, 1.807) is 24.3 Å².